The third kappa shape index (κ3) is 4.43. The van der Waals surface area contributed by atoms with E-state index in [1.165, 1.54) is 50.6 Å². The lowest BCUT2D eigenvalue weighted by Gasteiger charge is -2.57. The Morgan fingerprint density at radius 1 is 0.852 bits per heavy atom. The van der Waals surface area contributed by atoms with Crippen molar-refractivity contribution in [2.24, 2.45) is 23.2 Å². The van der Waals surface area contributed by atoms with Gasteiger partial charge in [0.25, 0.3) is 0 Å². The summed E-state index contributed by atoms with van der Waals surface area (Å²) in [6.45, 7) is 4.36. The molecule has 0 amide bonds. The number of rotatable bonds is 10. The molecule has 0 aromatic heterocycles. The quantitative estimate of drug-likeness (QED) is 0.616. The minimum Gasteiger partial charge on any atom is -0.493 e. The molecule has 0 unspecified atom stereocenters. The third-order valence-electron chi connectivity index (χ3n) is 7.18. The molecule has 4 heteroatoms. The lowest BCUT2D eigenvalue weighted by Crippen LogP contribution is -2.50. The number of ether oxygens (including phenoxy) is 2. The second-order valence-corrected chi connectivity index (χ2v) is 9.28. The van der Waals surface area contributed by atoms with Crippen LogP contribution in [-0.4, -0.2) is 40.4 Å². The smallest absolute Gasteiger partial charge is 0.160 e. The first kappa shape index (κ1) is 19.1. The van der Waals surface area contributed by atoms with Crippen LogP contribution in [-0.2, 0) is 6.42 Å². The molecular weight excluding hydrogens is 336 g/mol. The summed E-state index contributed by atoms with van der Waals surface area (Å²) in [5.74, 6) is 4.77. The molecule has 4 aliphatic rings. The highest BCUT2D eigenvalue weighted by Gasteiger charge is 2.50. The molecule has 0 spiro atoms. The third-order valence-corrected chi connectivity index (χ3v) is 7.18. The Balaban J connectivity index is 1.13. The van der Waals surface area contributed by atoms with Crippen molar-refractivity contribution >= 4 is 0 Å². The van der Waals surface area contributed by atoms with Gasteiger partial charge in [0, 0.05) is 19.6 Å². The van der Waals surface area contributed by atoms with E-state index in [-0.39, 0.29) is 0 Å². The number of hydrogen-bond donors (Lipinski definition) is 2. The predicted octanol–water partition coefficient (Wildman–Crippen LogP) is 3.64. The van der Waals surface area contributed by atoms with Gasteiger partial charge in [-0.3, -0.25) is 0 Å². The summed E-state index contributed by atoms with van der Waals surface area (Å²) in [7, 11) is 3.37. The van der Waals surface area contributed by atoms with Gasteiger partial charge in [-0.15, -0.1) is 0 Å². The molecule has 150 valence electrons. The second-order valence-electron chi connectivity index (χ2n) is 9.28. The number of methoxy groups -OCH3 is 2. The molecule has 1 aromatic carbocycles. The molecule has 4 saturated carbocycles. The van der Waals surface area contributed by atoms with Crippen LogP contribution in [0.15, 0.2) is 18.2 Å². The lowest BCUT2D eigenvalue weighted by atomic mass is 9.49. The molecule has 1 aromatic rings. The van der Waals surface area contributed by atoms with Crippen molar-refractivity contribution in [3.8, 4) is 11.5 Å². The van der Waals surface area contributed by atoms with Gasteiger partial charge >= 0.3 is 0 Å². The van der Waals surface area contributed by atoms with Crippen LogP contribution in [0, 0.1) is 23.2 Å². The second kappa shape index (κ2) is 8.40. The van der Waals surface area contributed by atoms with Crippen molar-refractivity contribution in [3.63, 3.8) is 0 Å². The van der Waals surface area contributed by atoms with Gasteiger partial charge in [0.05, 0.1) is 14.2 Å². The van der Waals surface area contributed by atoms with Crippen LogP contribution >= 0.6 is 0 Å². The molecule has 5 rings (SSSR count). The predicted molar refractivity (Wildman–Crippen MR) is 110 cm³/mol. The Labute approximate surface area is 164 Å². The van der Waals surface area contributed by atoms with Crippen molar-refractivity contribution in [1.29, 1.82) is 0 Å². The Bertz CT molecular complexity index is 596. The molecule has 4 fully saturated rings. The van der Waals surface area contributed by atoms with Crippen molar-refractivity contribution in [2.45, 2.75) is 44.9 Å². The fourth-order valence-electron chi connectivity index (χ4n) is 6.43. The Hall–Kier alpha value is -1.26. The Morgan fingerprint density at radius 3 is 2.11 bits per heavy atom. The SMILES string of the molecule is COc1ccc(CCNCCNCC23CC4CC(CC(C4)C2)C3)cc1OC. The summed E-state index contributed by atoms with van der Waals surface area (Å²) in [6.07, 6.45) is 10.1. The van der Waals surface area contributed by atoms with Crippen molar-refractivity contribution in [3.05, 3.63) is 23.8 Å². The highest BCUT2D eigenvalue weighted by molar-refractivity contribution is 5.42. The minimum absolute atomic E-state index is 0.647. The first-order chi connectivity index (χ1) is 13.2. The van der Waals surface area contributed by atoms with Crippen LogP contribution in [0.4, 0.5) is 0 Å². The Morgan fingerprint density at radius 2 is 1.48 bits per heavy atom. The molecule has 27 heavy (non-hydrogen) atoms. The molecule has 0 aliphatic heterocycles. The van der Waals surface area contributed by atoms with Crippen LogP contribution in [0.2, 0.25) is 0 Å². The molecule has 0 radical (unpaired) electrons. The molecule has 4 bridgehead atoms. The van der Waals surface area contributed by atoms with Crippen molar-refractivity contribution in [1.82, 2.24) is 10.6 Å². The van der Waals surface area contributed by atoms with Gasteiger partial charge in [-0.2, -0.15) is 0 Å². The van der Waals surface area contributed by atoms with Gasteiger partial charge in [0.1, 0.15) is 0 Å². The summed E-state index contributed by atoms with van der Waals surface area (Å²) in [5.41, 5.74) is 1.93. The first-order valence-corrected chi connectivity index (χ1v) is 10.8. The normalized spacial score (nSPS) is 31.3. The van der Waals surface area contributed by atoms with E-state index in [1.54, 1.807) is 14.2 Å². The van der Waals surface area contributed by atoms with E-state index in [2.05, 4.69) is 22.8 Å². The average Bonchev–Trinajstić information content (AvgIpc) is 2.66. The van der Waals surface area contributed by atoms with E-state index in [1.807, 2.05) is 6.07 Å². The van der Waals surface area contributed by atoms with E-state index >= 15 is 0 Å². The summed E-state index contributed by atoms with van der Waals surface area (Å²) < 4.78 is 10.7. The summed E-state index contributed by atoms with van der Waals surface area (Å²) in [4.78, 5) is 0. The zero-order valence-electron chi connectivity index (χ0n) is 17.1. The van der Waals surface area contributed by atoms with Crippen LogP contribution in [0.25, 0.3) is 0 Å². The number of nitrogens with one attached hydrogen (secondary N) is 2. The van der Waals surface area contributed by atoms with Gasteiger partial charge in [0.15, 0.2) is 11.5 Å². The van der Waals surface area contributed by atoms with Gasteiger partial charge in [-0.25, -0.2) is 0 Å². The highest BCUT2D eigenvalue weighted by atomic mass is 16.5. The summed E-state index contributed by atoms with van der Waals surface area (Å²) >= 11 is 0. The first-order valence-electron chi connectivity index (χ1n) is 10.8. The zero-order valence-corrected chi connectivity index (χ0v) is 17.1. The molecule has 2 N–H and O–H groups in total. The van der Waals surface area contributed by atoms with Crippen molar-refractivity contribution < 1.29 is 9.47 Å². The van der Waals surface area contributed by atoms with Gasteiger partial charge in [-0.05, 0) is 92.4 Å². The van der Waals surface area contributed by atoms with E-state index in [9.17, 15) is 0 Å². The van der Waals surface area contributed by atoms with Gasteiger partial charge in [0.2, 0.25) is 0 Å². The fraction of sp³-hybridized carbons (Fsp3) is 0.739. The van der Waals surface area contributed by atoms with E-state index in [4.69, 9.17) is 9.47 Å². The van der Waals surface area contributed by atoms with Crippen molar-refractivity contribution in [2.75, 3.05) is 40.4 Å². The maximum atomic E-state index is 5.38. The topological polar surface area (TPSA) is 42.5 Å². The van der Waals surface area contributed by atoms with Crippen LogP contribution < -0.4 is 20.1 Å². The Kier molecular flexibility index (Phi) is 5.93. The standard InChI is InChI=1S/C23H36N2O2/c1-26-21-4-3-17(12-22(21)27-2)5-6-24-7-8-25-16-23-13-18-9-19(14-23)11-20(10-18)15-23/h3-4,12,18-20,24-25H,5-11,13-16H2,1-2H3. The summed E-state index contributed by atoms with van der Waals surface area (Å²) in [5, 5.41) is 7.35. The zero-order chi connectivity index (χ0) is 18.7. The minimum atomic E-state index is 0.647. The molecule has 4 aliphatic carbocycles. The molecule has 0 atom stereocenters. The number of hydrogen-bond acceptors (Lipinski definition) is 4. The monoisotopic (exact) mass is 372 g/mol. The maximum Gasteiger partial charge on any atom is 0.160 e. The highest BCUT2D eigenvalue weighted by Crippen LogP contribution is 2.59. The largest absolute Gasteiger partial charge is 0.493 e. The molecular formula is C23H36N2O2. The lowest BCUT2D eigenvalue weighted by molar-refractivity contribution is -0.0511. The van der Waals surface area contributed by atoms with Crippen LogP contribution in [0.1, 0.15) is 44.1 Å². The summed E-state index contributed by atoms with van der Waals surface area (Å²) in [6, 6.07) is 6.18. The molecule has 0 heterocycles. The van der Waals surface area contributed by atoms with Crippen LogP contribution in [0.5, 0.6) is 11.5 Å². The van der Waals surface area contributed by atoms with Gasteiger partial charge < -0.3 is 20.1 Å². The molecule has 4 nitrogen and oxygen atoms in total. The fourth-order valence-corrected chi connectivity index (χ4v) is 6.43. The molecule has 0 saturated heterocycles. The average molecular weight is 373 g/mol. The van der Waals surface area contributed by atoms with Crippen LogP contribution in [0.3, 0.4) is 0 Å². The van der Waals surface area contributed by atoms with Gasteiger partial charge in [-0.1, -0.05) is 6.07 Å². The van der Waals surface area contributed by atoms with E-state index in [0.29, 0.717) is 5.41 Å². The van der Waals surface area contributed by atoms with E-state index in [0.717, 1.165) is 55.3 Å². The van der Waals surface area contributed by atoms with E-state index < -0.39 is 0 Å². The maximum absolute atomic E-state index is 5.38. The number of benzene rings is 1.